The lowest BCUT2D eigenvalue weighted by Gasteiger charge is -2.10. The molecule has 0 radical (unpaired) electrons. The Balaban J connectivity index is 1.77. The molecule has 1 aromatic carbocycles. The number of hydrogen-bond donors (Lipinski definition) is 2. The van der Waals surface area contributed by atoms with Crippen LogP contribution in [0.5, 0.6) is 0 Å². The van der Waals surface area contributed by atoms with E-state index in [1.807, 2.05) is 24.3 Å². The number of benzene rings is 1. The Morgan fingerprint density at radius 1 is 1.14 bits per heavy atom. The molecule has 0 aliphatic rings. The molecule has 0 aliphatic heterocycles. The van der Waals surface area contributed by atoms with E-state index in [-0.39, 0.29) is 0 Å². The summed E-state index contributed by atoms with van der Waals surface area (Å²) in [6.07, 6.45) is 0. The molecule has 2 aromatic heterocycles. The number of para-hydroxylation sites is 1. The van der Waals surface area contributed by atoms with Gasteiger partial charge in [0.15, 0.2) is 0 Å². The quantitative estimate of drug-likeness (QED) is 0.712. The van der Waals surface area contributed by atoms with E-state index in [1.54, 1.807) is 22.8 Å². The molecule has 0 aliphatic carbocycles. The summed E-state index contributed by atoms with van der Waals surface area (Å²) in [5, 5.41) is 16.1. The molecular formula is C16H13NO2S2. The van der Waals surface area contributed by atoms with Crippen LogP contribution in [0.3, 0.4) is 0 Å². The summed E-state index contributed by atoms with van der Waals surface area (Å²) in [6, 6.07) is 14.0. The first kappa shape index (κ1) is 13.9. The highest BCUT2D eigenvalue weighted by Crippen LogP contribution is 2.31. The first-order valence-electron chi connectivity index (χ1n) is 6.41. The van der Waals surface area contributed by atoms with E-state index in [2.05, 4.69) is 22.8 Å². The second kappa shape index (κ2) is 6.11. The Bertz CT molecular complexity index is 747. The molecule has 0 fully saturated rings. The third-order valence-electron chi connectivity index (χ3n) is 3.07. The van der Waals surface area contributed by atoms with Gasteiger partial charge >= 0.3 is 5.97 Å². The summed E-state index contributed by atoms with van der Waals surface area (Å²) < 4.78 is 0. The van der Waals surface area contributed by atoms with Crippen molar-refractivity contribution in [1.29, 1.82) is 0 Å². The molecule has 0 bridgehead atoms. The predicted molar refractivity (Wildman–Crippen MR) is 88.4 cm³/mol. The van der Waals surface area contributed by atoms with Crippen molar-refractivity contribution < 1.29 is 9.90 Å². The van der Waals surface area contributed by atoms with Gasteiger partial charge in [0.25, 0.3) is 0 Å². The topological polar surface area (TPSA) is 49.3 Å². The predicted octanol–water partition coefficient (Wildman–Crippen LogP) is 4.79. The van der Waals surface area contributed by atoms with Gasteiger partial charge in [0.1, 0.15) is 0 Å². The van der Waals surface area contributed by atoms with Gasteiger partial charge in [0, 0.05) is 32.9 Å². The summed E-state index contributed by atoms with van der Waals surface area (Å²) in [6.45, 7) is 0.625. The number of carboxylic acids is 1. The number of carboxylic acid groups (broad SMARTS) is 1. The van der Waals surface area contributed by atoms with Crippen LogP contribution in [-0.2, 0) is 6.54 Å². The molecule has 2 N–H and O–H groups in total. The van der Waals surface area contributed by atoms with Crippen LogP contribution >= 0.6 is 22.7 Å². The highest BCUT2D eigenvalue weighted by molar-refractivity contribution is 7.13. The van der Waals surface area contributed by atoms with Crippen LogP contribution in [0.2, 0.25) is 0 Å². The lowest BCUT2D eigenvalue weighted by molar-refractivity contribution is 0.0697. The number of hydrogen-bond acceptors (Lipinski definition) is 4. The second-order valence-corrected chi connectivity index (χ2v) is 6.43. The molecule has 0 saturated heterocycles. The van der Waals surface area contributed by atoms with Gasteiger partial charge in [-0.05, 0) is 23.6 Å². The number of thiophene rings is 2. The molecule has 0 unspecified atom stereocenters. The maximum absolute atomic E-state index is 10.9. The first-order chi connectivity index (χ1) is 10.2. The SMILES string of the molecule is O=C(O)c1csc(CNc2ccccc2-c2cccs2)c1. The normalized spacial score (nSPS) is 10.5. The monoisotopic (exact) mass is 315 g/mol. The molecule has 0 amide bonds. The molecule has 5 heteroatoms. The van der Waals surface area contributed by atoms with Crippen molar-refractivity contribution in [2.45, 2.75) is 6.54 Å². The van der Waals surface area contributed by atoms with Crippen molar-refractivity contribution in [2.75, 3.05) is 5.32 Å². The summed E-state index contributed by atoms with van der Waals surface area (Å²) in [5.74, 6) is -0.878. The zero-order valence-electron chi connectivity index (χ0n) is 11.1. The molecule has 106 valence electrons. The van der Waals surface area contributed by atoms with E-state index in [4.69, 9.17) is 5.11 Å². The van der Waals surface area contributed by atoms with Gasteiger partial charge in [-0.3, -0.25) is 0 Å². The van der Waals surface area contributed by atoms with E-state index in [9.17, 15) is 4.79 Å². The van der Waals surface area contributed by atoms with Crippen molar-refractivity contribution in [3.63, 3.8) is 0 Å². The summed E-state index contributed by atoms with van der Waals surface area (Å²) in [7, 11) is 0. The van der Waals surface area contributed by atoms with Crippen molar-refractivity contribution in [3.8, 4) is 10.4 Å². The van der Waals surface area contributed by atoms with E-state index >= 15 is 0 Å². The van der Waals surface area contributed by atoms with Crippen LogP contribution in [0.15, 0.2) is 53.2 Å². The van der Waals surface area contributed by atoms with Gasteiger partial charge in [-0.25, -0.2) is 4.79 Å². The van der Waals surface area contributed by atoms with E-state index < -0.39 is 5.97 Å². The van der Waals surface area contributed by atoms with Gasteiger partial charge in [0.2, 0.25) is 0 Å². The van der Waals surface area contributed by atoms with Gasteiger partial charge in [-0.15, -0.1) is 22.7 Å². The molecule has 0 spiro atoms. The van der Waals surface area contributed by atoms with E-state index in [1.165, 1.54) is 21.8 Å². The van der Waals surface area contributed by atoms with Crippen molar-refractivity contribution >= 4 is 34.3 Å². The number of rotatable bonds is 5. The molecule has 2 heterocycles. The zero-order chi connectivity index (χ0) is 14.7. The Labute approximate surface area is 130 Å². The van der Waals surface area contributed by atoms with Crippen molar-refractivity contribution in [3.05, 3.63) is 63.7 Å². The Kier molecular flexibility index (Phi) is 4.03. The van der Waals surface area contributed by atoms with Gasteiger partial charge in [0.05, 0.1) is 5.56 Å². The van der Waals surface area contributed by atoms with Crippen molar-refractivity contribution in [1.82, 2.24) is 0 Å². The Hall–Kier alpha value is -2.11. The largest absolute Gasteiger partial charge is 0.478 e. The number of carbonyl (C=O) groups is 1. The van der Waals surface area contributed by atoms with Crippen LogP contribution in [0.25, 0.3) is 10.4 Å². The molecule has 3 aromatic rings. The van der Waals surface area contributed by atoms with Crippen LogP contribution in [-0.4, -0.2) is 11.1 Å². The van der Waals surface area contributed by atoms with Crippen LogP contribution in [0, 0.1) is 0 Å². The fourth-order valence-electron chi connectivity index (χ4n) is 2.05. The number of nitrogens with one attached hydrogen (secondary N) is 1. The fourth-order valence-corrected chi connectivity index (χ4v) is 3.62. The van der Waals surface area contributed by atoms with Crippen molar-refractivity contribution in [2.24, 2.45) is 0 Å². The minimum Gasteiger partial charge on any atom is -0.478 e. The van der Waals surface area contributed by atoms with E-state index in [0.717, 1.165) is 10.6 Å². The highest BCUT2D eigenvalue weighted by atomic mass is 32.1. The Morgan fingerprint density at radius 2 is 2.00 bits per heavy atom. The average Bonchev–Trinajstić information content (AvgIpc) is 3.17. The summed E-state index contributed by atoms with van der Waals surface area (Å²) >= 11 is 3.16. The van der Waals surface area contributed by atoms with Gasteiger partial charge in [-0.1, -0.05) is 24.3 Å². The van der Waals surface area contributed by atoms with Gasteiger partial charge in [-0.2, -0.15) is 0 Å². The Morgan fingerprint density at radius 3 is 2.71 bits per heavy atom. The molecule has 0 atom stereocenters. The third-order valence-corrected chi connectivity index (χ3v) is 4.91. The molecular weight excluding hydrogens is 302 g/mol. The lowest BCUT2D eigenvalue weighted by atomic mass is 10.1. The smallest absolute Gasteiger partial charge is 0.336 e. The highest BCUT2D eigenvalue weighted by Gasteiger charge is 2.08. The summed E-state index contributed by atoms with van der Waals surface area (Å²) in [4.78, 5) is 13.1. The maximum atomic E-state index is 10.9. The second-order valence-electron chi connectivity index (χ2n) is 4.48. The molecule has 3 rings (SSSR count). The summed E-state index contributed by atoms with van der Waals surface area (Å²) in [5.41, 5.74) is 2.58. The average molecular weight is 315 g/mol. The fraction of sp³-hybridized carbons (Fsp3) is 0.0625. The minimum atomic E-state index is -0.878. The zero-order valence-corrected chi connectivity index (χ0v) is 12.7. The van der Waals surface area contributed by atoms with Crippen LogP contribution < -0.4 is 5.32 Å². The third kappa shape index (κ3) is 3.15. The molecule has 0 saturated carbocycles. The molecule has 3 nitrogen and oxygen atoms in total. The molecule has 21 heavy (non-hydrogen) atoms. The first-order valence-corrected chi connectivity index (χ1v) is 8.17. The maximum Gasteiger partial charge on any atom is 0.336 e. The lowest BCUT2D eigenvalue weighted by Crippen LogP contribution is -1.99. The minimum absolute atomic E-state index is 0.350. The van der Waals surface area contributed by atoms with Crippen LogP contribution in [0.1, 0.15) is 15.2 Å². The standard InChI is InChI=1S/C16H13NO2S2/c18-16(19)11-8-12(21-10-11)9-17-14-5-2-1-4-13(14)15-6-3-7-20-15/h1-8,10,17H,9H2,(H,18,19). The van der Waals surface area contributed by atoms with Crippen LogP contribution in [0.4, 0.5) is 5.69 Å². The van der Waals surface area contributed by atoms with Gasteiger partial charge < -0.3 is 10.4 Å². The van der Waals surface area contributed by atoms with E-state index in [0.29, 0.717) is 12.1 Å². The number of anilines is 1. The number of aromatic carboxylic acids is 1.